The standard InChI is InChI=1S/C15H16N4O3/c1-2-21-13(20)6-12-10-7-18-15(17)19-14(10)9-5-8(16)3-4-11(9)22-12/h3-5,7,12H,2,6,16H2,1H3,(H2,17,18,19). The molecule has 0 saturated heterocycles. The van der Waals surface area contributed by atoms with Crippen LogP contribution in [0.25, 0.3) is 11.3 Å². The molecular formula is C15H16N4O3. The van der Waals surface area contributed by atoms with Crippen molar-refractivity contribution in [2.45, 2.75) is 19.4 Å². The van der Waals surface area contributed by atoms with Crippen molar-refractivity contribution in [1.82, 2.24) is 9.97 Å². The number of rotatable bonds is 3. The van der Waals surface area contributed by atoms with Crippen LogP contribution < -0.4 is 16.2 Å². The number of carbonyl (C=O) groups excluding carboxylic acids is 1. The van der Waals surface area contributed by atoms with Crippen LogP contribution in [0.4, 0.5) is 11.6 Å². The number of nitrogens with zero attached hydrogens (tertiary/aromatic N) is 2. The second kappa shape index (κ2) is 5.51. The molecule has 1 unspecified atom stereocenters. The lowest BCUT2D eigenvalue weighted by Gasteiger charge is -2.27. The van der Waals surface area contributed by atoms with E-state index in [0.717, 1.165) is 5.56 Å². The first kappa shape index (κ1) is 14.1. The first-order chi connectivity index (χ1) is 10.6. The summed E-state index contributed by atoms with van der Waals surface area (Å²) in [7, 11) is 0. The van der Waals surface area contributed by atoms with Crippen molar-refractivity contribution in [3.8, 4) is 17.0 Å². The van der Waals surface area contributed by atoms with Gasteiger partial charge in [-0.2, -0.15) is 0 Å². The molecule has 0 aliphatic carbocycles. The van der Waals surface area contributed by atoms with Crippen molar-refractivity contribution in [1.29, 1.82) is 0 Å². The van der Waals surface area contributed by atoms with Gasteiger partial charge in [-0.1, -0.05) is 0 Å². The zero-order chi connectivity index (χ0) is 15.7. The zero-order valence-electron chi connectivity index (χ0n) is 12.1. The van der Waals surface area contributed by atoms with Gasteiger partial charge in [0.25, 0.3) is 0 Å². The number of ether oxygens (including phenoxy) is 2. The zero-order valence-corrected chi connectivity index (χ0v) is 12.1. The third-order valence-corrected chi connectivity index (χ3v) is 3.37. The van der Waals surface area contributed by atoms with E-state index in [9.17, 15) is 4.79 Å². The van der Waals surface area contributed by atoms with Gasteiger partial charge in [0.2, 0.25) is 5.95 Å². The molecule has 1 aliphatic heterocycles. The molecule has 0 fully saturated rings. The van der Waals surface area contributed by atoms with Crippen molar-refractivity contribution >= 4 is 17.6 Å². The van der Waals surface area contributed by atoms with Gasteiger partial charge >= 0.3 is 5.97 Å². The lowest BCUT2D eigenvalue weighted by Crippen LogP contribution is -2.20. The van der Waals surface area contributed by atoms with E-state index in [-0.39, 0.29) is 18.3 Å². The molecule has 114 valence electrons. The fourth-order valence-electron chi connectivity index (χ4n) is 2.43. The summed E-state index contributed by atoms with van der Waals surface area (Å²) in [5, 5.41) is 0. The lowest BCUT2D eigenvalue weighted by atomic mass is 9.97. The maximum Gasteiger partial charge on any atom is 0.309 e. The predicted molar refractivity (Wildman–Crippen MR) is 80.9 cm³/mol. The topological polar surface area (TPSA) is 113 Å². The molecule has 4 N–H and O–H groups in total. The predicted octanol–water partition coefficient (Wildman–Crippen LogP) is 1.69. The molecule has 1 atom stereocenters. The number of hydrogen-bond acceptors (Lipinski definition) is 7. The van der Waals surface area contributed by atoms with Gasteiger partial charge in [0.05, 0.1) is 18.7 Å². The Balaban J connectivity index is 2.04. The number of nitrogen functional groups attached to an aromatic ring is 2. The second-order valence-corrected chi connectivity index (χ2v) is 4.90. The Bertz CT molecular complexity index is 733. The lowest BCUT2D eigenvalue weighted by molar-refractivity contribution is -0.145. The Morgan fingerprint density at radius 1 is 1.41 bits per heavy atom. The molecule has 0 saturated carbocycles. The quantitative estimate of drug-likeness (QED) is 0.655. The molecule has 1 aromatic carbocycles. The molecule has 0 amide bonds. The highest BCUT2D eigenvalue weighted by Crippen LogP contribution is 2.43. The molecule has 7 heteroatoms. The Hall–Kier alpha value is -2.83. The van der Waals surface area contributed by atoms with Crippen LogP contribution in [0.15, 0.2) is 24.4 Å². The minimum absolute atomic E-state index is 0.0813. The Kier molecular flexibility index (Phi) is 3.54. The summed E-state index contributed by atoms with van der Waals surface area (Å²) >= 11 is 0. The highest BCUT2D eigenvalue weighted by Gasteiger charge is 2.30. The summed E-state index contributed by atoms with van der Waals surface area (Å²) in [5.41, 5.74) is 14.2. The number of aromatic nitrogens is 2. The van der Waals surface area contributed by atoms with Gasteiger partial charge in [-0.3, -0.25) is 4.79 Å². The molecule has 22 heavy (non-hydrogen) atoms. The molecule has 2 heterocycles. The van der Waals surface area contributed by atoms with Crippen LogP contribution in [-0.2, 0) is 9.53 Å². The van der Waals surface area contributed by atoms with Gasteiger partial charge in [0.1, 0.15) is 11.9 Å². The minimum atomic E-state index is -0.509. The first-order valence-electron chi connectivity index (χ1n) is 6.93. The molecule has 1 aliphatic rings. The number of anilines is 2. The monoisotopic (exact) mass is 300 g/mol. The number of benzene rings is 1. The second-order valence-electron chi connectivity index (χ2n) is 4.90. The maximum absolute atomic E-state index is 11.8. The highest BCUT2D eigenvalue weighted by atomic mass is 16.5. The summed E-state index contributed by atoms with van der Waals surface area (Å²) in [4.78, 5) is 20.0. The molecule has 3 rings (SSSR count). The molecule has 2 aromatic rings. The average Bonchev–Trinajstić information content (AvgIpc) is 2.48. The number of carbonyl (C=O) groups is 1. The van der Waals surface area contributed by atoms with E-state index in [0.29, 0.717) is 29.3 Å². The van der Waals surface area contributed by atoms with Gasteiger partial charge in [-0.05, 0) is 25.1 Å². The van der Waals surface area contributed by atoms with Gasteiger partial charge in [-0.15, -0.1) is 0 Å². The Morgan fingerprint density at radius 3 is 3.00 bits per heavy atom. The van der Waals surface area contributed by atoms with Crippen molar-refractivity contribution in [3.05, 3.63) is 30.0 Å². The fourth-order valence-corrected chi connectivity index (χ4v) is 2.43. The van der Waals surface area contributed by atoms with E-state index in [1.807, 2.05) is 0 Å². The first-order valence-corrected chi connectivity index (χ1v) is 6.93. The fraction of sp³-hybridized carbons (Fsp3) is 0.267. The van der Waals surface area contributed by atoms with Crippen molar-refractivity contribution < 1.29 is 14.3 Å². The molecule has 0 bridgehead atoms. The smallest absolute Gasteiger partial charge is 0.309 e. The number of esters is 1. The maximum atomic E-state index is 11.8. The largest absolute Gasteiger partial charge is 0.484 e. The summed E-state index contributed by atoms with van der Waals surface area (Å²) in [6.45, 7) is 2.08. The normalized spacial score (nSPS) is 15.4. The van der Waals surface area contributed by atoms with Crippen LogP contribution in [0.5, 0.6) is 5.75 Å². The van der Waals surface area contributed by atoms with Crippen molar-refractivity contribution in [2.75, 3.05) is 18.1 Å². The summed E-state index contributed by atoms with van der Waals surface area (Å²) < 4.78 is 10.9. The Labute approximate surface area is 127 Å². The summed E-state index contributed by atoms with van der Waals surface area (Å²) in [5.74, 6) is 0.423. The van der Waals surface area contributed by atoms with Crippen LogP contribution in [0, 0.1) is 0 Å². The highest BCUT2D eigenvalue weighted by molar-refractivity contribution is 5.78. The SMILES string of the molecule is CCOC(=O)CC1Oc2ccc(N)cc2-c2nc(N)ncc21. The van der Waals surface area contributed by atoms with E-state index in [1.165, 1.54) is 0 Å². The van der Waals surface area contributed by atoms with Crippen LogP contribution in [-0.4, -0.2) is 22.5 Å². The van der Waals surface area contributed by atoms with Gasteiger partial charge in [0, 0.05) is 23.0 Å². The molecular weight excluding hydrogens is 284 g/mol. The van der Waals surface area contributed by atoms with E-state index < -0.39 is 6.10 Å². The van der Waals surface area contributed by atoms with E-state index in [4.69, 9.17) is 20.9 Å². The molecule has 0 spiro atoms. The molecule has 0 radical (unpaired) electrons. The van der Waals surface area contributed by atoms with Crippen LogP contribution >= 0.6 is 0 Å². The van der Waals surface area contributed by atoms with Crippen LogP contribution in [0.3, 0.4) is 0 Å². The third kappa shape index (κ3) is 2.52. The van der Waals surface area contributed by atoms with Crippen molar-refractivity contribution in [3.63, 3.8) is 0 Å². The third-order valence-electron chi connectivity index (χ3n) is 3.37. The number of hydrogen-bond donors (Lipinski definition) is 2. The van der Waals surface area contributed by atoms with Gasteiger partial charge < -0.3 is 20.9 Å². The molecule has 7 nitrogen and oxygen atoms in total. The van der Waals surface area contributed by atoms with Gasteiger partial charge in [-0.25, -0.2) is 9.97 Å². The van der Waals surface area contributed by atoms with E-state index in [2.05, 4.69) is 9.97 Å². The summed E-state index contributed by atoms with van der Waals surface area (Å²) in [6, 6.07) is 5.25. The molecule has 1 aromatic heterocycles. The number of nitrogens with two attached hydrogens (primary N) is 2. The summed E-state index contributed by atoms with van der Waals surface area (Å²) in [6.07, 6.45) is 1.15. The van der Waals surface area contributed by atoms with Crippen LogP contribution in [0.2, 0.25) is 0 Å². The van der Waals surface area contributed by atoms with E-state index in [1.54, 1.807) is 31.3 Å². The Morgan fingerprint density at radius 2 is 2.23 bits per heavy atom. The average molecular weight is 300 g/mol. The van der Waals surface area contributed by atoms with E-state index >= 15 is 0 Å². The van der Waals surface area contributed by atoms with Crippen molar-refractivity contribution in [2.24, 2.45) is 0 Å². The number of fused-ring (bicyclic) bond motifs is 3. The van der Waals surface area contributed by atoms with Crippen LogP contribution in [0.1, 0.15) is 25.0 Å². The minimum Gasteiger partial charge on any atom is -0.484 e. The van der Waals surface area contributed by atoms with Gasteiger partial charge in [0.15, 0.2) is 0 Å².